The summed E-state index contributed by atoms with van der Waals surface area (Å²) in [5.74, 6) is 6.27. The lowest BCUT2D eigenvalue weighted by atomic mass is 9.86. The lowest BCUT2D eigenvalue weighted by Gasteiger charge is -2.38. The van der Waals surface area contributed by atoms with E-state index in [1.54, 1.807) is 11.0 Å². The Bertz CT molecular complexity index is 850. The zero-order valence-corrected chi connectivity index (χ0v) is 21.3. The Morgan fingerprint density at radius 1 is 1.33 bits per heavy atom. The summed E-state index contributed by atoms with van der Waals surface area (Å²) < 4.78 is 25.9. The van der Waals surface area contributed by atoms with Crippen LogP contribution >= 0.6 is 0 Å². The average molecular weight is 509 g/mol. The van der Waals surface area contributed by atoms with Crippen LogP contribution in [0.25, 0.3) is 0 Å². The lowest BCUT2D eigenvalue weighted by molar-refractivity contribution is -0.0110. The van der Waals surface area contributed by atoms with Crippen molar-refractivity contribution in [3.05, 3.63) is 35.1 Å². The highest BCUT2D eigenvalue weighted by Gasteiger charge is 2.33. The van der Waals surface area contributed by atoms with Gasteiger partial charge in [0, 0.05) is 45.3 Å². The first kappa shape index (κ1) is 28.1. The number of aryl methyl sites for hydroxylation is 1. The van der Waals surface area contributed by atoms with Gasteiger partial charge in [0.15, 0.2) is 0 Å². The molecule has 0 aromatic heterocycles. The van der Waals surface area contributed by atoms with Crippen LogP contribution in [0.2, 0.25) is 0 Å². The Balaban J connectivity index is 1.59. The van der Waals surface area contributed by atoms with E-state index in [0.717, 1.165) is 62.9 Å². The van der Waals surface area contributed by atoms with Crippen molar-refractivity contribution in [2.24, 2.45) is 17.7 Å². The molecule has 3 amide bonds. The number of benzene rings is 1. The van der Waals surface area contributed by atoms with Gasteiger partial charge in [-0.05, 0) is 74.6 Å². The van der Waals surface area contributed by atoms with Crippen LogP contribution in [0.5, 0.6) is 0 Å². The van der Waals surface area contributed by atoms with Crippen LogP contribution in [0, 0.1) is 24.6 Å². The van der Waals surface area contributed by atoms with Crippen molar-refractivity contribution >= 4 is 12.1 Å². The molecule has 3 atom stereocenters. The van der Waals surface area contributed by atoms with Crippen LogP contribution in [0.15, 0.2) is 18.2 Å². The minimum atomic E-state index is -1.12. The largest absolute Gasteiger partial charge is 0.465 e. The first-order valence-corrected chi connectivity index (χ1v) is 13.1. The topological polar surface area (TPSA) is 117 Å². The number of urea groups is 1. The number of ether oxygens (including phenoxy) is 2. The molecular formula is C26H41FN4O5. The Morgan fingerprint density at radius 2 is 2.17 bits per heavy atom. The molecular weight excluding hydrogens is 467 g/mol. The molecule has 3 rings (SSSR count). The standard InChI is InChI=1S/C26H41FN4O5/c1-19-9-10-22(27)16-23(19)24(36-15-11-29-25(32)33)21-8-5-12-30(17-21)26(34)31(28)13-4-7-20-6-2-3-14-35-18-20/h9-10,16,20-21,24,29H,2-8,11-15,17-18,28H2,1H3,(H,32,33). The van der Waals surface area contributed by atoms with E-state index in [9.17, 15) is 14.0 Å². The molecule has 0 bridgehead atoms. The molecule has 4 N–H and O–H groups in total. The maximum Gasteiger partial charge on any atom is 0.404 e. The van der Waals surface area contributed by atoms with E-state index >= 15 is 0 Å². The van der Waals surface area contributed by atoms with Gasteiger partial charge in [0.25, 0.3) is 0 Å². The van der Waals surface area contributed by atoms with E-state index in [-0.39, 0.29) is 30.9 Å². The minimum absolute atomic E-state index is 0.0652. The Labute approximate surface area is 213 Å². The highest BCUT2D eigenvalue weighted by atomic mass is 19.1. The zero-order chi connectivity index (χ0) is 25.9. The van der Waals surface area contributed by atoms with E-state index < -0.39 is 12.2 Å². The van der Waals surface area contributed by atoms with Crippen LogP contribution in [-0.4, -0.2) is 73.1 Å². The third-order valence-corrected chi connectivity index (χ3v) is 7.14. The smallest absolute Gasteiger partial charge is 0.404 e. The monoisotopic (exact) mass is 508 g/mol. The Hall–Kier alpha value is -2.43. The van der Waals surface area contributed by atoms with Gasteiger partial charge in [-0.3, -0.25) is 5.01 Å². The van der Waals surface area contributed by atoms with Gasteiger partial charge in [0.2, 0.25) is 0 Å². The van der Waals surface area contributed by atoms with Crippen molar-refractivity contribution in [3.8, 4) is 0 Å². The first-order valence-electron chi connectivity index (χ1n) is 13.1. The second-order valence-electron chi connectivity index (χ2n) is 9.93. The van der Waals surface area contributed by atoms with Crippen molar-refractivity contribution in [2.75, 3.05) is 46.0 Å². The second-order valence-corrected chi connectivity index (χ2v) is 9.93. The fourth-order valence-corrected chi connectivity index (χ4v) is 5.20. The molecule has 1 aromatic carbocycles. The Kier molecular flexibility index (Phi) is 11.2. The number of likely N-dealkylation sites (tertiary alicyclic amines) is 1. The molecule has 2 saturated heterocycles. The van der Waals surface area contributed by atoms with E-state index in [2.05, 4.69) is 5.32 Å². The summed E-state index contributed by atoms with van der Waals surface area (Å²) in [4.78, 5) is 25.7. The van der Waals surface area contributed by atoms with Gasteiger partial charge in [0.05, 0.1) is 12.7 Å². The van der Waals surface area contributed by atoms with Crippen LogP contribution in [0.3, 0.4) is 0 Å². The van der Waals surface area contributed by atoms with Gasteiger partial charge in [-0.15, -0.1) is 0 Å². The highest BCUT2D eigenvalue weighted by Crippen LogP contribution is 2.35. The second kappa shape index (κ2) is 14.3. The molecule has 2 fully saturated rings. The first-order chi connectivity index (χ1) is 17.3. The molecule has 2 aliphatic heterocycles. The van der Waals surface area contributed by atoms with Crippen molar-refractivity contribution < 1.29 is 28.6 Å². The van der Waals surface area contributed by atoms with Crippen LogP contribution in [0.1, 0.15) is 62.2 Å². The number of halogens is 1. The van der Waals surface area contributed by atoms with Crippen molar-refractivity contribution in [3.63, 3.8) is 0 Å². The van der Waals surface area contributed by atoms with Crippen LogP contribution < -0.4 is 11.2 Å². The molecule has 0 aliphatic carbocycles. The number of carbonyl (C=O) groups excluding carboxylic acids is 1. The molecule has 2 heterocycles. The summed E-state index contributed by atoms with van der Waals surface area (Å²) in [7, 11) is 0. The summed E-state index contributed by atoms with van der Waals surface area (Å²) in [6.07, 6.45) is 5.29. The molecule has 3 unspecified atom stereocenters. The minimum Gasteiger partial charge on any atom is -0.465 e. The van der Waals surface area contributed by atoms with Gasteiger partial charge in [-0.2, -0.15) is 0 Å². The van der Waals surface area contributed by atoms with Gasteiger partial charge in [-0.1, -0.05) is 12.5 Å². The highest BCUT2D eigenvalue weighted by molar-refractivity contribution is 5.73. The number of nitrogens with zero attached hydrogens (tertiary/aromatic N) is 2. The van der Waals surface area contributed by atoms with Gasteiger partial charge in [-0.25, -0.2) is 19.8 Å². The lowest BCUT2D eigenvalue weighted by Crippen LogP contribution is -2.51. The molecule has 0 saturated carbocycles. The summed E-state index contributed by atoms with van der Waals surface area (Å²) in [5.41, 5.74) is 1.61. The Morgan fingerprint density at radius 3 is 2.97 bits per heavy atom. The van der Waals surface area contributed by atoms with Crippen molar-refractivity contribution in [2.45, 2.75) is 58.0 Å². The quantitative estimate of drug-likeness (QED) is 0.190. The number of nitrogens with one attached hydrogen (secondary N) is 1. The van der Waals surface area contributed by atoms with Crippen molar-refractivity contribution in [1.29, 1.82) is 0 Å². The molecule has 202 valence electrons. The van der Waals surface area contributed by atoms with Crippen LogP contribution in [0.4, 0.5) is 14.0 Å². The fourth-order valence-electron chi connectivity index (χ4n) is 5.20. The number of hydrogen-bond acceptors (Lipinski definition) is 5. The summed E-state index contributed by atoms with van der Waals surface area (Å²) in [6.45, 7) is 5.32. The number of carbonyl (C=O) groups is 2. The molecule has 2 aliphatic rings. The predicted molar refractivity (Wildman–Crippen MR) is 134 cm³/mol. The van der Waals surface area contributed by atoms with Gasteiger partial charge in [0.1, 0.15) is 5.82 Å². The number of amides is 3. The van der Waals surface area contributed by atoms with Gasteiger partial charge >= 0.3 is 12.1 Å². The molecule has 1 aromatic rings. The molecule has 0 spiro atoms. The maximum absolute atomic E-state index is 14.1. The predicted octanol–water partition coefficient (Wildman–Crippen LogP) is 4.06. The van der Waals surface area contributed by atoms with E-state index in [4.69, 9.17) is 20.4 Å². The molecule has 10 heteroatoms. The third-order valence-electron chi connectivity index (χ3n) is 7.14. The SMILES string of the molecule is Cc1ccc(F)cc1C(OCCNC(=O)O)C1CCCN(C(=O)N(N)CCCC2CCCCOC2)C1. The summed E-state index contributed by atoms with van der Waals surface area (Å²) in [6, 6.07) is 4.38. The fraction of sp³-hybridized carbons (Fsp3) is 0.692. The van der Waals surface area contributed by atoms with E-state index in [1.807, 2.05) is 6.92 Å². The molecule has 36 heavy (non-hydrogen) atoms. The number of rotatable bonds is 10. The number of hydrogen-bond donors (Lipinski definition) is 3. The third kappa shape index (κ3) is 8.60. The molecule has 0 radical (unpaired) electrons. The van der Waals surface area contributed by atoms with E-state index in [0.29, 0.717) is 25.6 Å². The number of piperidine rings is 1. The van der Waals surface area contributed by atoms with E-state index in [1.165, 1.54) is 23.6 Å². The average Bonchev–Trinajstić information content (AvgIpc) is 3.14. The normalized spacial score (nSPS) is 21.5. The van der Waals surface area contributed by atoms with Crippen molar-refractivity contribution in [1.82, 2.24) is 15.2 Å². The number of hydrazine groups is 1. The number of carboxylic acid groups (broad SMARTS) is 1. The summed E-state index contributed by atoms with van der Waals surface area (Å²) >= 11 is 0. The van der Waals surface area contributed by atoms with Crippen LogP contribution in [-0.2, 0) is 9.47 Å². The van der Waals surface area contributed by atoms with Gasteiger partial charge < -0.3 is 24.8 Å². The summed E-state index contributed by atoms with van der Waals surface area (Å²) in [5, 5.41) is 12.4. The number of nitrogens with two attached hydrogens (primary N) is 1. The molecule has 9 nitrogen and oxygen atoms in total. The maximum atomic E-state index is 14.1. The zero-order valence-electron chi connectivity index (χ0n) is 21.3.